The number of rotatable bonds is 4. The maximum absolute atomic E-state index is 13.0. The van der Waals surface area contributed by atoms with Gasteiger partial charge in [0.2, 0.25) is 11.9 Å². The van der Waals surface area contributed by atoms with Gasteiger partial charge in [0.1, 0.15) is 0 Å². The van der Waals surface area contributed by atoms with Crippen LogP contribution in [0.2, 0.25) is 5.02 Å². The normalized spacial score (nSPS) is 18.3. The summed E-state index contributed by atoms with van der Waals surface area (Å²) in [4.78, 5) is 36.7. The van der Waals surface area contributed by atoms with Gasteiger partial charge in [0.15, 0.2) is 0 Å². The third-order valence-corrected chi connectivity index (χ3v) is 5.58. The molecule has 0 bridgehead atoms. The molecule has 3 heterocycles. The van der Waals surface area contributed by atoms with E-state index in [1.165, 1.54) is 6.08 Å². The van der Waals surface area contributed by atoms with Crippen molar-refractivity contribution < 1.29 is 9.59 Å². The number of carbonyl (C=O) groups excluding carboxylic acids is 2. The van der Waals surface area contributed by atoms with E-state index < -0.39 is 0 Å². The second-order valence-electron chi connectivity index (χ2n) is 7.30. The Hall–Kier alpha value is -2.93. The number of aromatic nitrogens is 2. The molecule has 2 aliphatic rings. The van der Waals surface area contributed by atoms with Gasteiger partial charge in [0.25, 0.3) is 5.91 Å². The number of hydrogen-bond acceptors (Lipinski definition) is 5. The molecule has 2 aromatic rings. The van der Waals surface area contributed by atoms with E-state index in [1.54, 1.807) is 17.3 Å². The van der Waals surface area contributed by atoms with E-state index in [1.807, 2.05) is 23.1 Å². The lowest BCUT2D eigenvalue weighted by Gasteiger charge is -2.28. The van der Waals surface area contributed by atoms with Crippen LogP contribution in [0, 0.1) is 0 Å². The van der Waals surface area contributed by atoms with Gasteiger partial charge in [-0.05, 0) is 42.2 Å². The smallest absolute Gasteiger partial charge is 0.253 e. The van der Waals surface area contributed by atoms with Crippen LogP contribution in [0.4, 0.5) is 5.95 Å². The van der Waals surface area contributed by atoms with E-state index in [-0.39, 0.29) is 17.9 Å². The van der Waals surface area contributed by atoms with Crippen molar-refractivity contribution in [3.8, 4) is 0 Å². The van der Waals surface area contributed by atoms with Crippen molar-refractivity contribution in [1.29, 1.82) is 0 Å². The Morgan fingerprint density at radius 1 is 1.17 bits per heavy atom. The SMILES string of the molecule is C=CC(=O)N1CCc2cc(C(=O)N3CC[C@@H](Nc4ncc(Cl)cn4)C3)ccc2C1. The number of benzene rings is 1. The summed E-state index contributed by atoms with van der Waals surface area (Å²) in [7, 11) is 0. The quantitative estimate of drug-likeness (QED) is 0.782. The number of fused-ring (bicyclic) bond motifs is 1. The van der Waals surface area contributed by atoms with Gasteiger partial charge in [-0.1, -0.05) is 24.2 Å². The molecule has 1 atom stereocenters. The second-order valence-corrected chi connectivity index (χ2v) is 7.74. The standard InChI is InChI=1S/C21H22ClN5O2/c1-2-19(28)26-7-5-14-9-15(3-4-16(14)12-26)20(29)27-8-6-18(13-27)25-21-23-10-17(22)11-24-21/h2-4,9-11,18H,1,5-8,12-13H2,(H,23,24,25)/t18-/m1/s1. The molecule has 150 valence electrons. The van der Waals surface area contributed by atoms with Gasteiger partial charge >= 0.3 is 0 Å². The summed E-state index contributed by atoms with van der Waals surface area (Å²) in [6.07, 6.45) is 6.02. The first-order chi connectivity index (χ1) is 14.0. The van der Waals surface area contributed by atoms with Crippen molar-refractivity contribution in [1.82, 2.24) is 19.8 Å². The van der Waals surface area contributed by atoms with Crippen molar-refractivity contribution in [2.45, 2.75) is 25.4 Å². The molecule has 1 N–H and O–H groups in total. The van der Waals surface area contributed by atoms with Gasteiger partial charge in [0, 0.05) is 37.8 Å². The highest BCUT2D eigenvalue weighted by molar-refractivity contribution is 6.30. The summed E-state index contributed by atoms with van der Waals surface area (Å²) in [5.74, 6) is 0.482. The van der Waals surface area contributed by atoms with E-state index in [4.69, 9.17) is 11.6 Å². The van der Waals surface area contributed by atoms with Crippen LogP contribution in [0.3, 0.4) is 0 Å². The fourth-order valence-corrected chi connectivity index (χ4v) is 3.92. The molecule has 8 heteroatoms. The van der Waals surface area contributed by atoms with Gasteiger partial charge < -0.3 is 15.1 Å². The van der Waals surface area contributed by atoms with Gasteiger partial charge in [-0.2, -0.15) is 0 Å². The van der Waals surface area contributed by atoms with Crippen LogP contribution in [0.25, 0.3) is 0 Å². The Morgan fingerprint density at radius 3 is 2.72 bits per heavy atom. The summed E-state index contributed by atoms with van der Waals surface area (Å²) in [5.41, 5.74) is 2.91. The summed E-state index contributed by atoms with van der Waals surface area (Å²) in [6.45, 7) is 6.04. The molecule has 0 aliphatic carbocycles. The highest BCUT2D eigenvalue weighted by Gasteiger charge is 2.28. The largest absolute Gasteiger partial charge is 0.350 e. The molecule has 1 aromatic heterocycles. The Bertz CT molecular complexity index is 947. The third-order valence-electron chi connectivity index (χ3n) is 5.38. The van der Waals surface area contributed by atoms with E-state index in [0.717, 1.165) is 24.0 Å². The second kappa shape index (κ2) is 8.21. The summed E-state index contributed by atoms with van der Waals surface area (Å²) < 4.78 is 0. The average Bonchev–Trinajstić information content (AvgIpc) is 3.22. The fraction of sp³-hybridized carbons (Fsp3) is 0.333. The minimum absolute atomic E-state index is 0.0266. The van der Waals surface area contributed by atoms with Crippen molar-refractivity contribution in [3.05, 3.63) is 65.0 Å². The van der Waals surface area contributed by atoms with E-state index in [0.29, 0.717) is 42.7 Å². The molecule has 0 unspecified atom stereocenters. The minimum Gasteiger partial charge on any atom is -0.350 e. The van der Waals surface area contributed by atoms with Crippen molar-refractivity contribution in [2.24, 2.45) is 0 Å². The van der Waals surface area contributed by atoms with E-state index in [2.05, 4.69) is 21.9 Å². The molecule has 1 saturated heterocycles. The van der Waals surface area contributed by atoms with Crippen molar-refractivity contribution in [2.75, 3.05) is 25.0 Å². The molecule has 7 nitrogen and oxygen atoms in total. The van der Waals surface area contributed by atoms with Crippen LogP contribution < -0.4 is 5.32 Å². The molecular weight excluding hydrogens is 390 g/mol. The van der Waals surface area contributed by atoms with Gasteiger partial charge in [-0.3, -0.25) is 9.59 Å². The number of nitrogens with zero attached hydrogens (tertiary/aromatic N) is 4. The Kier molecular flexibility index (Phi) is 5.49. The first-order valence-corrected chi connectivity index (χ1v) is 9.98. The van der Waals surface area contributed by atoms with Gasteiger partial charge in [-0.25, -0.2) is 9.97 Å². The molecule has 0 saturated carbocycles. The van der Waals surface area contributed by atoms with Crippen LogP contribution in [-0.4, -0.2) is 57.3 Å². The number of hydrogen-bond donors (Lipinski definition) is 1. The topological polar surface area (TPSA) is 78.4 Å². The highest BCUT2D eigenvalue weighted by atomic mass is 35.5. The van der Waals surface area contributed by atoms with Crippen molar-refractivity contribution in [3.63, 3.8) is 0 Å². The lowest BCUT2D eigenvalue weighted by atomic mass is 9.96. The zero-order valence-electron chi connectivity index (χ0n) is 16.0. The zero-order valence-corrected chi connectivity index (χ0v) is 16.7. The lowest BCUT2D eigenvalue weighted by Crippen LogP contribution is -2.35. The lowest BCUT2D eigenvalue weighted by molar-refractivity contribution is -0.126. The molecule has 2 amide bonds. The predicted octanol–water partition coefficient (Wildman–Crippen LogP) is 2.53. The number of nitrogens with one attached hydrogen (secondary N) is 1. The first kappa shape index (κ1) is 19.4. The molecule has 0 radical (unpaired) electrons. The monoisotopic (exact) mass is 411 g/mol. The molecule has 1 aromatic carbocycles. The maximum Gasteiger partial charge on any atom is 0.253 e. The van der Waals surface area contributed by atoms with Crippen LogP contribution in [0.1, 0.15) is 27.9 Å². The number of halogens is 1. The van der Waals surface area contributed by atoms with Crippen LogP contribution in [0.15, 0.2) is 43.2 Å². The Labute approximate surface area is 174 Å². The summed E-state index contributed by atoms with van der Waals surface area (Å²) in [6, 6.07) is 5.89. The average molecular weight is 412 g/mol. The molecule has 29 heavy (non-hydrogen) atoms. The van der Waals surface area contributed by atoms with Crippen LogP contribution in [0.5, 0.6) is 0 Å². The van der Waals surface area contributed by atoms with E-state index >= 15 is 0 Å². The number of likely N-dealkylation sites (tertiary alicyclic amines) is 1. The molecular formula is C21H22ClN5O2. The number of carbonyl (C=O) groups is 2. The molecule has 4 rings (SSSR count). The fourth-order valence-electron chi connectivity index (χ4n) is 3.82. The summed E-state index contributed by atoms with van der Waals surface area (Å²) >= 11 is 5.81. The van der Waals surface area contributed by atoms with Crippen LogP contribution >= 0.6 is 11.6 Å². The maximum atomic E-state index is 13.0. The van der Waals surface area contributed by atoms with E-state index in [9.17, 15) is 9.59 Å². The Balaban J connectivity index is 1.39. The molecule has 1 fully saturated rings. The Morgan fingerprint density at radius 2 is 1.97 bits per heavy atom. The first-order valence-electron chi connectivity index (χ1n) is 9.60. The van der Waals surface area contributed by atoms with Crippen molar-refractivity contribution >= 4 is 29.4 Å². The molecule has 0 spiro atoms. The summed E-state index contributed by atoms with van der Waals surface area (Å²) in [5, 5.41) is 3.74. The minimum atomic E-state index is -0.0592. The molecule has 2 aliphatic heterocycles. The van der Waals surface area contributed by atoms with Gasteiger partial charge in [-0.15, -0.1) is 0 Å². The number of anilines is 1. The highest BCUT2D eigenvalue weighted by Crippen LogP contribution is 2.23. The predicted molar refractivity (Wildman–Crippen MR) is 111 cm³/mol. The number of amides is 2. The van der Waals surface area contributed by atoms with Crippen LogP contribution in [-0.2, 0) is 17.8 Å². The van der Waals surface area contributed by atoms with Gasteiger partial charge in [0.05, 0.1) is 17.4 Å². The zero-order chi connectivity index (χ0) is 20.4. The third kappa shape index (κ3) is 4.24.